The predicted molar refractivity (Wildman–Crippen MR) is 120 cm³/mol. The molecular weight excluding hydrogens is 456 g/mol. The van der Waals surface area contributed by atoms with E-state index in [1.54, 1.807) is 29.5 Å². The van der Waals surface area contributed by atoms with Gasteiger partial charge in [-0.3, -0.25) is 4.79 Å². The van der Waals surface area contributed by atoms with Crippen LogP contribution in [0.25, 0.3) is 21.8 Å². The molecule has 1 amide bonds. The molecule has 0 atom stereocenters. The van der Waals surface area contributed by atoms with Crippen LogP contribution < -0.4 is 5.32 Å². The first-order valence-electron chi connectivity index (χ1n) is 8.48. The largest absolute Gasteiger partial charge is 0.322 e. The van der Waals surface area contributed by atoms with Crippen molar-refractivity contribution >= 4 is 50.5 Å². The van der Waals surface area contributed by atoms with Gasteiger partial charge in [0, 0.05) is 26.7 Å². The Kier molecular flexibility index (Phi) is 5.57. The summed E-state index contributed by atoms with van der Waals surface area (Å²) in [5.41, 5.74) is 4.01. The number of nitrogens with zero attached hydrogens (tertiary/aromatic N) is 1. The SMILES string of the molecule is O=C(Nc1cccc(-c2csc(-c3ccccc3)n2)c1)c1cc(Br)ccc1Cl. The zero-order valence-corrected chi connectivity index (χ0v) is 17.7. The topological polar surface area (TPSA) is 42.0 Å². The fraction of sp³-hybridized carbons (Fsp3) is 0. The van der Waals surface area contributed by atoms with Gasteiger partial charge in [-0.2, -0.15) is 0 Å². The highest BCUT2D eigenvalue weighted by Gasteiger charge is 2.12. The van der Waals surface area contributed by atoms with Gasteiger partial charge in [0.25, 0.3) is 5.91 Å². The molecule has 28 heavy (non-hydrogen) atoms. The Labute approximate surface area is 180 Å². The van der Waals surface area contributed by atoms with Gasteiger partial charge in [-0.1, -0.05) is 70.0 Å². The lowest BCUT2D eigenvalue weighted by Crippen LogP contribution is -2.12. The van der Waals surface area contributed by atoms with Crippen LogP contribution in [0.1, 0.15) is 10.4 Å². The number of carbonyl (C=O) groups is 1. The average Bonchev–Trinajstić information content (AvgIpc) is 3.21. The Morgan fingerprint density at radius 2 is 1.75 bits per heavy atom. The second kappa shape index (κ2) is 8.27. The zero-order chi connectivity index (χ0) is 19.5. The number of hydrogen-bond donors (Lipinski definition) is 1. The first kappa shape index (κ1) is 18.9. The molecule has 0 spiro atoms. The summed E-state index contributed by atoms with van der Waals surface area (Å²) in [6.45, 7) is 0. The summed E-state index contributed by atoms with van der Waals surface area (Å²) < 4.78 is 0.798. The minimum absolute atomic E-state index is 0.258. The summed E-state index contributed by atoms with van der Waals surface area (Å²) in [6, 6.07) is 22.9. The fourth-order valence-corrected chi connectivity index (χ4v) is 4.15. The molecule has 3 aromatic carbocycles. The van der Waals surface area contributed by atoms with Crippen LogP contribution in [-0.4, -0.2) is 10.9 Å². The van der Waals surface area contributed by atoms with Crippen LogP contribution in [0.5, 0.6) is 0 Å². The summed E-state index contributed by atoms with van der Waals surface area (Å²) in [5.74, 6) is -0.258. The second-order valence-corrected chi connectivity index (χ2v) is 8.24. The molecule has 1 heterocycles. The highest BCUT2D eigenvalue weighted by atomic mass is 79.9. The Morgan fingerprint density at radius 1 is 0.964 bits per heavy atom. The maximum atomic E-state index is 12.6. The summed E-state index contributed by atoms with van der Waals surface area (Å²) >= 11 is 11.1. The first-order chi connectivity index (χ1) is 13.6. The van der Waals surface area contributed by atoms with Gasteiger partial charge in [0.15, 0.2) is 0 Å². The molecule has 4 aromatic rings. The predicted octanol–water partition coefficient (Wildman–Crippen LogP) is 7.15. The number of nitrogens with one attached hydrogen (secondary N) is 1. The molecule has 0 saturated carbocycles. The van der Waals surface area contributed by atoms with Crippen molar-refractivity contribution in [2.24, 2.45) is 0 Å². The standard InChI is InChI=1S/C22H14BrClN2OS/c23-16-9-10-19(24)18(12-16)21(27)25-17-8-4-7-15(11-17)20-13-28-22(26-20)14-5-2-1-3-6-14/h1-13H,(H,25,27). The van der Waals surface area contributed by atoms with Gasteiger partial charge in [-0.05, 0) is 30.3 Å². The van der Waals surface area contributed by atoms with Crippen LogP contribution in [0.4, 0.5) is 5.69 Å². The van der Waals surface area contributed by atoms with Crippen molar-refractivity contribution in [2.45, 2.75) is 0 Å². The molecule has 0 saturated heterocycles. The summed E-state index contributed by atoms with van der Waals surface area (Å²) in [5, 5.41) is 6.30. The number of carbonyl (C=O) groups excluding carboxylic acids is 1. The van der Waals surface area contributed by atoms with E-state index in [1.807, 2.05) is 60.0 Å². The number of aromatic nitrogens is 1. The van der Waals surface area contributed by atoms with Gasteiger partial charge in [0.2, 0.25) is 0 Å². The maximum Gasteiger partial charge on any atom is 0.257 e. The third kappa shape index (κ3) is 4.17. The normalized spacial score (nSPS) is 10.6. The lowest BCUT2D eigenvalue weighted by Gasteiger charge is -2.08. The Bertz CT molecular complexity index is 1140. The highest BCUT2D eigenvalue weighted by Crippen LogP contribution is 2.30. The number of halogens is 2. The summed E-state index contributed by atoms with van der Waals surface area (Å²) in [6.07, 6.45) is 0. The Morgan fingerprint density at radius 3 is 2.57 bits per heavy atom. The van der Waals surface area contributed by atoms with E-state index >= 15 is 0 Å². The molecule has 0 aliphatic rings. The number of anilines is 1. The Balaban J connectivity index is 1.58. The van der Waals surface area contributed by atoms with E-state index in [9.17, 15) is 4.79 Å². The minimum atomic E-state index is -0.258. The quantitative estimate of drug-likeness (QED) is 0.345. The molecule has 1 N–H and O–H groups in total. The molecule has 0 fully saturated rings. The smallest absolute Gasteiger partial charge is 0.257 e. The monoisotopic (exact) mass is 468 g/mol. The molecular formula is C22H14BrClN2OS. The van der Waals surface area contributed by atoms with Crippen molar-refractivity contribution in [3.05, 3.63) is 93.2 Å². The number of hydrogen-bond acceptors (Lipinski definition) is 3. The van der Waals surface area contributed by atoms with Gasteiger partial charge in [0.05, 0.1) is 16.3 Å². The van der Waals surface area contributed by atoms with E-state index < -0.39 is 0 Å². The Hall–Kier alpha value is -2.47. The third-order valence-electron chi connectivity index (χ3n) is 4.11. The number of thiazole rings is 1. The van der Waals surface area contributed by atoms with Crippen molar-refractivity contribution in [1.82, 2.24) is 4.98 Å². The van der Waals surface area contributed by atoms with Gasteiger partial charge in [-0.25, -0.2) is 4.98 Å². The first-order valence-corrected chi connectivity index (χ1v) is 10.5. The molecule has 0 unspecified atom stereocenters. The third-order valence-corrected chi connectivity index (χ3v) is 5.83. The number of amides is 1. The average molecular weight is 470 g/mol. The molecule has 138 valence electrons. The molecule has 4 rings (SSSR count). The lowest BCUT2D eigenvalue weighted by atomic mass is 10.1. The van der Waals surface area contributed by atoms with Crippen molar-refractivity contribution in [2.75, 3.05) is 5.32 Å². The fourth-order valence-electron chi connectivity index (χ4n) is 2.75. The van der Waals surface area contributed by atoms with E-state index in [0.717, 1.165) is 26.3 Å². The second-order valence-electron chi connectivity index (χ2n) is 6.06. The van der Waals surface area contributed by atoms with Gasteiger partial charge in [0.1, 0.15) is 5.01 Å². The van der Waals surface area contributed by atoms with E-state index in [1.165, 1.54) is 0 Å². The highest BCUT2D eigenvalue weighted by molar-refractivity contribution is 9.10. The van der Waals surface area contributed by atoms with Crippen LogP contribution in [-0.2, 0) is 0 Å². The van der Waals surface area contributed by atoms with Crippen LogP contribution in [0.15, 0.2) is 82.6 Å². The van der Waals surface area contributed by atoms with Crippen molar-refractivity contribution in [1.29, 1.82) is 0 Å². The van der Waals surface area contributed by atoms with Crippen LogP contribution in [0, 0.1) is 0 Å². The molecule has 0 aliphatic heterocycles. The van der Waals surface area contributed by atoms with E-state index in [4.69, 9.17) is 16.6 Å². The van der Waals surface area contributed by atoms with Gasteiger partial charge < -0.3 is 5.32 Å². The van der Waals surface area contributed by atoms with E-state index in [-0.39, 0.29) is 5.91 Å². The number of benzene rings is 3. The number of rotatable bonds is 4. The summed E-state index contributed by atoms with van der Waals surface area (Å²) in [7, 11) is 0. The van der Waals surface area contributed by atoms with Crippen molar-refractivity contribution < 1.29 is 4.79 Å². The summed E-state index contributed by atoms with van der Waals surface area (Å²) in [4.78, 5) is 17.3. The zero-order valence-electron chi connectivity index (χ0n) is 14.5. The molecule has 1 aromatic heterocycles. The molecule has 3 nitrogen and oxygen atoms in total. The molecule has 0 bridgehead atoms. The van der Waals surface area contributed by atoms with E-state index in [2.05, 4.69) is 21.2 Å². The van der Waals surface area contributed by atoms with Gasteiger partial charge in [-0.15, -0.1) is 11.3 Å². The van der Waals surface area contributed by atoms with E-state index in [0.29, 0.717) is 16.3 Å². The van der Waals surface area contributed by atoms with Gasteiger partial charge >= 0.3 is 0 Å². The molecule has 0 radical (unpaired) electrons. The van der Waals surface area contributed by atoms with Crippen molar-refractivity contribution in [3.8, 4) is 21.8 Å². The van der Waals surface area contributed by atoms with Crippen molar-refractivity contribution in [3.63, 3.8) is 0 Å². The van der Waals surface area contributed by atoms with Crippen LogP contribution in [0.3, 0.4) is 0 Å². The molecule has 0 aliphatic carbocycles. The molecule has 6 heteroatoms. The maximum absolute atomic E-state index is 12.6. The lowest BCUT2D eigenvalue weighted by molar-refractivity contribution is 0.102. The minimum Gasteiger partial charge on any atom is -0.322 e. The van der Waals surface area contributed by atoms with Crippen LogP contribution >= 0.6 is 38.9 Å². The van der Waals surface area contributed by atoms with Crippen LogP contribution in [0.2, 0.25) is 5.02 Å².